The zero-order chi connectivity index (χ0) is 26.9. The fourth-order valence-corrected chi connectivity index (χ4v) is 7.62. The Morgan fingerprint density at radius 1 is 1.14 bits per heavy atom. The maximum Gasteiger partial charge on any atom is 0.308 e. The number of rotatable bonds is 7. The van der Waals surface area contributed by atoms with Crippen LogP contribution in [0.5, 0.6) is 11.5 Å². The summed E-state index contributed by atoms with van der Waals surface area (Å²) in [6.07, 6.45) is 2.67. The fraction of sp³-hybridized carbons (Fsp3) is 0.393. The number of methoxy groups -OCH3 is 1. The highest BCUT2D eigenvalue weighted by atomic mass is 79.9. The molecule has 2 aliphatic carbocycles. The molecule has 0 bridgehead atoms. The van der Waals surface area contributed by atoms with Gasteiger partial charge in [0.05, 0.1) is 12.4 Å². The van der Waals surface area contributed by atoms with Gasteiger partial charge in [0.2, 0.25) is 0 Å². The first kappa shape index (κ1) is 27.4. The summed E-state index contributed by atoms with van der Waals surface area (Å²) in [7, 11) is 3.42. The summed E-state index contributed by atoms with van der Waals surface area (Å²) in [6, 6.07) is 11.5. The van der Waals surface area contributed by atoms with Crippen molar-refractivity contribution in [2.24, 2.45) is 5.92 Å². The minimum Gasteiger partial charge on any atom is -0.493 e. The van der Waals surface area contributed by atoms with Crippen molar-refractivity contribution in [2.45, 2.75) is 55.2 Å². The normalized spacial score (nSPS) is 24.4. The molecule has 0 radical (unpaired) electrons. The number of carbonyl (C=O) groups is 3. The van der Waals surface area contributed by atoms with Gasteiger partial charge in [0, 0.05) is 52.6 Å². The van der Waals surface area contributed by atoms with Crippen LogP contribution in [0.2, 0.25) is 0 Å². The maximum atomic E-state index is 13.2. The third-order valence-corrected chi connectivity index (χ3v) is 9.53. The van der Waals surface area contributed by atoms with E-state index >= 15 is 0 Å². The number of ether oxygens (including phenoxy) is 3. The second kappa shape index (κ2) is 11.0. The number of halogens is 1. The molecule has 4 atom stereocenters. The highest BCUT2D eigenvalue weighted by molar-refractivity contribution is 9.10. The van der Waals surface area contributed by atoms with Crippen LogP contribution in [0.15, 0.2) is 57.6 Å². The molecule has 4 rings (SSSR count). The van der Waals surface area contributed by atoms with E-state index in [-0.39, 0.29) is 40.9 Å². The lowest BCUT2D eigenvalue weighted by Gasteiger charge is -2.52. The van der Waals surface area contributed by atoms with Crippen LogP contribution in [0.4, 0.5) is 0 Å². The third-order valence-electron chi connectivity index (χ3n) is 7.17. The number of Topliss-reactive ketones (excluding diaryl/α,β-unsaturated/α-hetero) is 1. The molecule has 0 amide bonds. The van der Waals surface area contributed by atoms with Crippen LogP contribution in [-0.4, -0.2) is 37.9 Å². The summed E-state index contributed by atoms with van der Waals surface area (Å²) in [4.78, 5) is 38.6. The van der Waals surface area contributed by atoms with Crippen LogP contribution in [0.3, 0.4) is 0 Å². The minimum atomic E-state index is -0.714. The van der Waals surface area contributed by atoms with Crippen LogP contribution < -0.4 is 14.8 Å². The van der Waals surface area contributed by atoms with E-state index in [2.05, 4.69) is 21.2 Å². The quantitative estimate of drug-likeness (QED) is 0.335. The second-order valence-electron chi connectivity index (χ2n) is 9.20. The van der Waals surface area contributed by atoms with Crippen LogP contribution in [0.25, 0.3) is 0 Å². The largest absolute Gasteiger partial charge is 0.493 e. The van der Waals surface area contributed by atoms with Gasteiger partial charge in [-0.2, -0.15) is 0 Å². The van der Waals surface area contributed by atoms with Gasteiger partial charge >= 0.3 is 11.9 Å². The van der Waals surface area contributed by atoms with Gasteiger partial charge in [-0.1, -0.05) is 25.1 Å². The molecular formula is C28H30BrNO6S. The summed E-state index contributed by atoms with van der Waals surface area (Å²) in [6.45, 7) is 4.64. The number of hydrogen-bond donors (Lipinski definition) is 1. The highest BCUT2D eigenvalue weighted by Crippen LogP contribution is 2.61. The van der Waals surface area contributed by atoms with Gasteiger partial charge in [-0.3, -0.25) is 14.4 Å². The summed E-state index contributed by atoms with van der Waals surface area (Å²) in [5, 5.41) is 3.39. The van der Waals surface area contributed by atoms with Crippen molar-refractivity contribution < 1.29 is 28.6 Å². The molecule has 196 valence electrons. The summed E-state index contributed by atoms with van der Waals surface area (Å²) < 4.78 is 17.7. The molecule has 0 fully saturated rings. The fourth-order valence-electron chi connectivity index (χ4n) is 5.67. The molecule has 0 saturated carbocycles. The number of thioether (sulfide) groups is 1. The molecular weight excluding hydrogens is 558 g/mol. The van der Waals surface area contributed by atoms with E-state index in [1.54, 1.807) is 17.8 Å². The van der Waals surface area contributed by atoms with E-state index in [4.69, 9.17) is 14.2 Å². The molecule has 0 unspecified atom stereocenters. The van der Waals surface area contributed by atoms with Crippen molar-refractivity contribution >= 4 is 45.4 Å². The van der Waals surface area contributed by atoms with Gasteiger partial charge in [-0.05, 0) is 59.2 Å². The Balaban J connectivity index is 2.06. The lowest BCUT2D eigenvalue weighted by molar-refractivity contribution is -0.134. The molecule has 9 heteroatoms. The molecule has 0 saturated heterocycles. The Morgan fingerprint density at radius 2 is 1.84 bits per heavy atom. The average molecular weight is 589 g/mol. The highest BCUT2D eigenvalue weighted by Gasteiger charge is 2.56. The molecule has 0 aromatic heterocycles. The average Bonchev–Trinajstić information content (AvgIpc) is 2.85. The van der Waals surface area contributed by atoms with Crippen molar-refractivity contribution in [1.29, 1.82) is 0 Å². The van der Waals surface area contributed by atoms with E-state index in [1.807, 2.05) is 50.4 Å². The van der Waals surface area contributed by atoms with Gasteiger partial charge in [0.15, 0.2) is 23.0 Å². The van der Waals surface area contributed by atoms with Crippen LogP contribution in [-0.2, 0) is 24.5 Å². The molecule has 37 heavy (non-hydrogen) atoms. The number of benzene rings is 2. The molecule has 0 heterocycles. The third kappa shape index (κ3) is 4.96. The Morgan fingerprint density at radius 3 is 2.43 bits per heavy atom. The zero-order valence-corrected chi connectivity index (χ0v) is 23.8. The van der Waals surface area contributed by atoms with Crippen molar-refractivity contribution in [3.05, 3.63) is 63.8 Å². The van der Waals surface area contributed by atoms with E-state index < -0.39 is 17.4 Å². The molecule has 1 N–H and O–H groups in total. The number of likely N-dealkylation sites (N-methyl/N-ethyl adjacent to an activating group) is 1. The van der Waals surface area contributed by atoms with Gasteiger partial charge in [-0.15, -0.1) is 11.8 Å². The van der Waals surface area contributed by atoms with Gasteiger partial charge in [0.25, 0.3) is 0 Å². The first-order valence-corrected chi connectivity index (χ1v) is 13.8. The number of fused-ring (bicyclic) bond motifs is 3. The SMILES string of the molecule is CC[C@@]12CC(=O)C(OC)=C[C@@H]1[C@@H](NC)[C@H](Sc1ccccc1Br)c1ccc(OC(C)=O)c(OC(C)=O)c12. The molecule has 7 nitrogen and oxygen atoms in total. The number of allylic oxidation sites excluding steroid dienone is 1. The van der Waals surface area contributed by atoms with Crippen molar-refractivity contribution in [3.63, 3.8) is 0 Å². The van der Waals surface area contributed by atoms with E-state index in [1.165, 1.54) is 21.0 Å². The number of esters is 2. The van der Waals surface area contributed by atoms with Crippen molar-refractivity contribution in [2.75, 3.05) is 14.2 Å². The smallest absolute Gasteiger partial charge is 0.308 e. The van der Waals surface area contributed by atoms with Crippen molar-refractivity contribution in [1.82, 2.24) is 5.32 Å². The van der Waals surface area contributed by atoms with Gasteiger partial charge in [-0.25, -0.2) is 0 Å². The summed E-state index contributed by atoms with van der Waals surface area (Å²) in [5.41, 5.74) is 0.936. The molecule has 2 aliphatic rings. The zero-order valence-electron chi connectivity index (χ0n) is 21.4. The monoisotopic (exact) mass is 587 g/mol. The van der Waals surface area contributed by atoms with Crippen LogP contribution >= 0.6 is 27.7 Å². The van der Waals surface area contributed by atoms with Gasteiger partial charge < -0.3 is 19.5 Å². The predicted molar refractivity (Wildman–Crippen MR) is 145 cm³/mol. The summed E-state index contributed by atoms with van der Waals surface area (Å²) >= 11 is 5.34. The minimum absolute atomic E-state index is 0.0902. The molecule has 2 aromatic carbocycles. The first-order valence-electron chi connectivity index (χ1n) is 12.1. The number of carbonyl (C=O) groups excluding carboxylic acids is 3. The van der Waals surface area contributed by atoms with Crippen LogP contribution in [0, 0.1) is 5.92 Å². The van der Waals surface area contributed by atoms with Crippen molar-refractivity contribution in [3.8, 4) is 11.5 Å². The Labute approximate surface area is 229 Å². The van der Waals surface area contributed by atoms with E-state index in [0.29, 0.717) is 12.2 Å². The Hall–Kier alpha value is -2.62. The van der Waals surface area contributed by atoms with Crippen LogP contribution in [0.1, 0.15) is 50.0 Å². The maximum absolute atomic E-state index is 13.2. The number of ketones is 1. The first-order chi connectivity index (χ1) is 17.7. The molecule has 2 aromatic rings. The number of nitrogens with one attached hydrogen (secondary N) is 1. The lowest BCUT2D eigenvalue weighted by atomic mass is 9.55. The Bertz CT molecular complexity index is 1280. The second-order valence-corrected chi connectivity index (χ2v) is 11.2. The van der Waals surface area contributed by atoms with E-state index in [0.717, 1.165) is 20.5 Å². The van der Waals surface area contributed by atoms with Gasteiger partial charge in [0.1, 0.15) is 0 Å². The Kier molecular flexibility index (Phi) is 8.16. The van der Waals surface area contributed by atoms with E-state index in [9.17, 15) is 14.4 Å². The lowest BCUT2D eigenvalue weighted by Crippen LogP contribution is -2.55. The predicted octanol–water partition coefficient (Wildman–Crippen LogP) is 5.50. The topological polar surface area (TPSA) is 90.9 Å². The molecule has 0 spiro atoms. The summed E-state index contributed by atoms with van der Waals surface area (Å²) in [5.74, 6) is -0.677. The molecule has 0 aliphatic heterocycles. The standard InChI is InChI=1S/C28H30BrNO6S/c1-6-28-14-20(33)22(34-5)13-18(28)25(30-4)27(37-23-10-8-7-9-19(23)29)17-11-12-21(35-15(2)31)26(24(17)28)36-16(3)32/h7-13,18,25,27,30H,6,14H2,1-5H3/t18-,25-,27-,28-/m1/s1. The number of hydrogen-bond acceptors (Lipinski definition) is 8.